The van der Waals surface area contributed by atoms with Gasteiger partial charge in [-0.1, -0.05) is 30.3 Å². The number of tetrazole rings is 1. The second kappa shape index (κ2) is 7.76. The van der Waals surface area contributed by atoms with Gasteiger partial charge in [0.2, 0.25) is 5.91 Å². The third kappa shape index (κ3) is 4.03. The van der Waals surface area contributed by atoms with Crippen LogP contribution in [0.5, 0.6) is 0 Å². The van der Waals surface area contributed by atoms with Gasteiger partial charge in [0.1, 0.15) is 6.33 Å². The first-order chi connectivity index (χ1) is 13.2. The number of hydrogen-bond donors (Lipinski definition) is 0. The van der Waals surface area contributed by atoms with E-state index in [0.29, 0.717) is 0 Å². The summed E-state index contributed by atoms with van der Waals surface area (Å²) in [5, 5.41) is 11.3. The molecular formula is C20H28N6O. The van der Waals surface area contributed by atoms with Crippen molar-refractivity contribution in [2.45, 2.75) is 38.1 Å². The number of piperidine rings is 2. The van der Waals surface area contributed by atoms with E-state index >= 15 is 0 Å². The lowest BCUT2D eigenvalue weighted by molar-refractivity contribution is -0.139. The minimum absolute atomic E-state index is 0.0105. The third-order valence-electron chi connectivity index (χ3n) is 6.26. The maximum absolute atomic E-state index is 12.8. The van der Waals surface area contributed by atoms with Crippen LogP contribution in [0.25, 0.3) is 0 Å². The number of carbonyl (C=O) groups excluding carboxylic acids is 1. The molecule has 2 aliphatic rings. The first-order valence-electron chi connectivity index (χ1n) is 9.88. The predicted octanol–water partition coefficient (Wildman–Crippen LogP) is 1.79. The number of aromatic nitrogens is 4. The van der Waals surface area contributed by atoms with E-state index < -0.39 is 0 Å². The van der Waals surface area contributed by atoms with Crippen molar-refractivity contribution in [3.8, 4) is 0 Å². The Balaban J connectivity index is 1.34. The molecule has 0 saturated carbocycles. The van der Waals surface area contributed by atoms with E-state index in [1.165, 1.54) is 12.8 Å². The van der Waals surface area contributed by atoms with Crippen LogP contribution in [0.3, 0.4) is 0 Å². The Morgan fingerprint density at radius 3 is 2.63 bits per heavy atom. The molecule has 1 atom stereocenters. The molecule has 0 N–H and O–H groups in total. The Morgan fingerprint density at radius 2 is 1.93 bits per heavy atom. The first-order valence-corrected chi connectivity index (χ1v) is 9.88. The molecule has 7 heteroatoms. The zero-order valence-electron chi connectivity index (χ0n) is 16.0. The van der Waals surface area contributed by atoms with Crippen LogP contribution in [-0.4, -0.2) is 69.1 Å². The number of rotatable bonds is 5. The molecule has 0 aliphatic carbocycles. The highest BCUT2D eigenvalue weighted by Crippen LogP contribution is 2.45. The van der Waals surface area contributed by atoms with Crippen LogP contribution >= 0.6 is 0 Å². The van der Waals surface area contributed by atoms with Crippen molar-refractivity contribution in [2.75, 3.05) is 33.2 Å². The highest BCUT2D eigenvalue weighted by Gasteiger charge is 2.44. The van der Waals surface area contributed by atoms with Crippen molar-refractivity contribution in [1.29, 1.82) is 0 Å². The zero-order valence-corrected chi connectivity index (χ0v) is 16.0. The van der Waals surface area contributed by atoms with Gasteiger partial charge in [0.15, 0.2) is 0 Å². The Morgan fingerprint density at radius 1 is 1.15 bits per heavy atom. The second-order valence-corrected chi connectivity index (χ2v) is 8.13. The number of amides is 1. The molecule has 1 aromatic carbocycles. The molecule has 4 rings (SSSR count). The molecule has 3 heterocycles. The molecular weight excluding hydrogens is 340 g/mol. The summed E-state index contributed by atoms with van der Waals surface area (Å²) in [5.74, 6) is 0.284. The largest absolute Gasteiger partial charge is 0.345 e. The molecule has 2 aromatic rings. The zero-order chi connectivity index (χ0) is 18.7. The van der Waals surface area contributed by atoms with Gasteiger partial charge in [-0.05, 0) is 66.7 Å². The summed E-state index contributed by atoms with van der Waals surface area (Å²) in [5.41, 5.74) is 1.42. The Bertz CT molecular complexity index is 739. The van der Waals surface area contributed by atoms with E-state index in [9.17, 15) is 4.79 Å². The molecule has 2 saturated heterocycles. The second-order valence-electron chi connectivity index (χ2n) is 8.13. The van der Waals surface area contributed by atoms with Gasteiger partial charge >= 0.3 is 0 Å². The number of nitrogens with zero attached hydrogens (tertiary/aromatic N) is 6. The average Bonchev–Trinajstić information content (AvgIpc) is 3.21. The molecule has 2 fully saturated rings. The Hall–Kier alpha value is -2.28. The molecule has 144 valence electrons. The fraction of sp³-hybridized carbons (Fsp3) is 0.600. The van der Waals surface area contributed by atoms with Gasteiger partial charge < -0.3 is 9.80 Å². The molecule has 2 aliphatic heterocycles. The van der Waals surface area contributed by atoms with Crippen LogP contribution in [0.15, 0.2) is 36.7 Å². The number of carbonyl (C=O) groups is 1. The van der Waals surface area contributed by atoms with Gasteiger partial charge in [-0.3, -0.25) is 4.79 Å². The lowest BCUT2D eigenvalue weighted by Crippen LogP contribution is -2.52. The van der Waals surface area contributed by atoms with Gasteiger partial charge in [0.25, 0.3) is 0 Å². The van der Waals surface area contributed by atoms with Crippen molar-refractivity contribution in [2.24, 2.45) is 5.41 Å². The van der Waals surface area contributed by atoms with Crippen molar-refractivity contribution in [1.82, 2.24) is 30.0 Å². The fourth-order valence-corrected chi connectivity index (χ4v) is 4.73. The molecule has 1 amide bonds. The topological polar surface area (TPSA) is 67.2 Å². The highest BCUT2D eigenvalue weighted by atomic mass is 16.2. The smallest absolute Gasteiger partial charge is 0.229 e. The predicted molar refractivity (Wildman–Crippen MR) is 102 cm³/mol. The summed E-state index contributed by atoms with van der Waals surface area (Å²) in [6.07, 6.45) is 6.04. The Kier molecular flexibility index (Phi) is 5.20. The van der Waals surface area contributed by atoms with E-state index in [0.717, 1.165) is 51.1 Å². The van der Waals surface area contributed by atoms with Crippen molar-refractivity contribution in [3.05, 3.63) is 42.2 Å². The lowest BCUT2D eigenvalue weighted by atomic mass is 9.67. The number of likely N-dealkylation sites (tertiary alicyclic amines) is 2. The van der Waals surface area contributed by atoms with Crippen LogP contribution < -0.4 is 0 Å². The van der Waals surface area contributed by atoms with Crippen LogP contribution in [0, 0.1) is 5.41 Å². The molecule has 0 radical (unpaired) electrons. The minimum atomic E-state index is 0.0105. The van der Waals surface area contributed by atoms with Gasteiger partial charge in [-0.2, -0.15) is 0 Å². The number of likely N-dealkylation sites (N-methyl/N-ethyl adjacent to an activating group) is 1. The number of benzene rings is 1. The van der Waals surface area contributed by atoms with Gasteiger partial charge in [0, 0.05) is 20.1 Å². The Labute approximate surface area is 160 Å². The summed E-state index contributed by atoms with van der Waals surface area (Å²) in [6.45, 7) is 5.06. The molecule has 0 unspecified atom stereocenters. The summed E-state index contributed by atoms with van der Waals surface area (Å²) < 4.78 is 1.79. The van der Waals surface area contributed by atoms with E-state index in [-0.39, 0.29) is 17.2 Å². The summed E-state index contributed by atoms with van der Waals surface area (Å²) in [7, 11) is 1.97. The minimum Gasteiger partial charge on any atom is -0.345 e. The quantitative estimate of drug-likeness (QED) is 0.805. The van der Waals surface area contributed by atoms with Crippen LogP contribution in [-0.2, 0) is 11.3 Å². The fourth-order valence-electron chi connectivity index (χ4n) is 4.73. The monoisotopic (exact) mass is 368 g/mol. The van der Waals surface area contributed by atoms with E-state index in [1.807, 2.05) is 30.1 Å². The third-order valence-corrected chi connectivity index (χ3v) is 6.26. The van der Waals surface area contributed by atoms with Crippen molar-refractivity contribution < 1.29 is 4.79 Å². The van der Waals surface area contributed by atoms with Gasteiger partial charge in [0.05, 0.1) is 5.92 Å². The van der Waals surface area contributed by atoms with E-state index in [2.05, 4.69) is 32.6 Å². The molecule has 1 spiro atoms. The van der Waals surface area contributed by atoms with Gasteiger partial charge in [-0.15, -0.1) is 5.10 Å². The summed E-state index contributed by atoms with van der Waals surface area (Å²) in [6, 6.07) is 10.3. The highest BCUT2D eigenvalue weighted by molar-refractivity contribution is 5.84. The number of hydrogen-bond acceptors (Lipinski definition) is 5. The lowest BCUT2D eigenvalue weighted by Gasteiger charge is -2.49. The number of aryl methyl sites for hydroxylation is 1. The molecule has 1 aromatic heterocycles. The molecule has 0 bridgehead atoms. The SMILES string of the molecule is CN1CC2(CCN(CCCn3cnnn3)CC2)C[C@H](c2ccccc2)C1=O. The molecule has 7 nitrogen and oxygen atoms in total. The van der Waals surface area contributed by atoms with Crippen molar-refractivity contribution in [3.63, 3.8) is 0 Å². The maximum Gasteiger partial charge on any atom is 0.229 e. The standard InChI is InChI=1S/C20H28N6O/c1-24-15-20(14-18(19(24)27)17-6-3-2-4-7-17)8-12-25(13-9-20)10-5-11-26-16-21-22-23-26/h2-4,6-7,16,18H,5,8-15H2,1H3/t18-/m1/s1. The van der Waals surface area contributed by atoms with Crippen LogP contribution in [0.2, 0.25) is 0 Å². The van der Waals surface area contributed by atoms with Crippen LogP contribution in [0.1, 0.15) is 37.2 Å². The van der Waals surface area contributed by atoms with E-state index in [4.69, 9.17) is 0 Å². The van der Waals surface area contributed by atoms with E-state index in [1.54, 1.807) is 11.0 Å². The first kappa shape index (κ1) is 18.1. The van der Waals surface area contributed by atoms with Gasteiger partial charge in [-0.25, -0.2) is 4.68 Å². The van der Waals surface area contributed by atoms with Crippen molar-refractivity contribution >= 4 is 5.91 Å². The maximum atomic E-state index is 12.8. The normalized spacial score (nSPS) is 23.1. The summed E-state index contributed by atoms with van der Waals surface area (Å²) in [4.78, 5) is 17.3. The summed E-state index contributed by atoms with van der Waals surface area (Å²) >= 11 is 0. The molecule has 27 heavy (non-hydrogen) atoms. The average molecular weight is 368 g/mol. The van der Waals surface area contributed by atoms with Crippen LogP contribution in [0.4, 0.5) is 0 Å².